The minimum absolute atomic E-state index is 0.0195. The van der Waals surface area contributed by atoms with Gasteiger partial charge in [0.2, 0.25) is 0 Å². The van der Waals surface area contributed by atoms with Crippen LogP contribution in [0.5, 0.6) is 5.75 Å². The molecule has 78 valence electrons. The van der Waals surface area contributed by atoms with Crippen molar-refractivity contribution in [1.29, 1.82) is 0 Å². The number of para-hydroxylation sites is 1. The first-order valence-electron chi connectivity index (χ1n) is 5.19. The van der Waals surface area contributed by atoms with Crippen LogP contribution in [-0.2, 0) is 11.2 Å². The van der Waals surface area contributed by atoms with Gasteiger partial charge in [-0.1, -0.05) is 24.3 Å². The van der Waals surface area contributed by atoms with Gasteiger partial charge >= 0.3 is 0 Å². The van der Waals surface area contributed by atoms with Gasteiger partial charge in [-0.05, 0) is 24.6 Å². The molecule has 1 aromatic carbocycles. The summed E-state index contributed by atoms with van der Waals surface area (Å²) in [5.41, 5.74) is 1.20. The fraction of sp³-hybridized carbons (Fsp3) is 0.308. The van der Waals surface area contributed by atoms with E-state index < -0.39 is 0 Å². The van der Waals surface area contributed by atoms with Crippen LogP contribution < -0.4 is 4.74 Å². The minimum atomic E-state index is 0.0195. The lowest BCUT2D eigenvalue weighted by molar-refractivity contribution is -0.115. The maximum atomic E-state index is 11.4. The molecular weight excluding hydrogens is 188 g/mol. The van der Waals surface area contributed by atoms with Crippen LogP contribution in [0, 0.1) is 0 Å². The highest BCUT2D eigenvalue weighted by Gasteiger charge is 2.23. The number of ether oxygens (including phenoxy) is 1. The quantitative estimate of drug-likeness (QED) is 0.704. The zero-order chi connectivity index (χ0) is 10.7. The third-order valence-corrected chi connectivity index (χ3v) is 2.50. The number of hydrogen-bond donors (Lipinski definition) is 0. The van der Waals surface area contributed by atoms with E-state index in [-0.39, 0.29) is 11.9 Å². The lowest BCUT2D eigenvalue weighted by Gasteiger charge is -2.07. The molecule has 1 aromatic rings. The van der Waals surface area contributed by atoms with Gasteiger partial charge in [0.1, 0.15) is 11.9 Å². The van der Waals surface area contributed by atoms with Crippen molar-refractivity contribution in [2.45, 2.75) is 25.9 Å². The summed E-state index contributed by atoms with van der Waals surface area (Å²) in [5.74, 6) is 1.06. The molecule has 0 N–H and O–H groups in total. The number of fused-ring (bicyclic) bond motifs is 1. The molecule has 0 saturated carbocycles. The van der Waals surface area contributed by atoms with Gasteiger partial charge in [0, 0.05) is 12.8 Å². The van der Waals surface area contributed by atoms with Crippen LogP contribution in [-0.4, -0.2) is 11.9 Å². The number of benzene rings is 1. The smallest absolute Gasteiger partial charge is 0.159 e. The molecular formula is C13H14O2. The summed E-state index contributed by atoms with van der Waals surface area (Å²) in [6.07, 6.45) is 4.71. The van der Waals surface area contributed by atoms with Gasteiger partial charge in [0.15, 0.2) is 5.78 Å². The molecule has 0 spiro atoms. The van der Waals surface area contributed by atoms with Gasteiger partial charge in [-0.25, -0.2) is 0 Å². The lowest BCUT2D eigenvalue weighted by Crippen LogP contribution is -2.16. The van der Waals surface area contributed by atoms with Crippen molar-refractivity contribution in [2.75, 3.05) is 0 Å². The predicted octanol–water partition coefficient (Wildman–Crippen LogP) is 2.53. The predicted molar refractivity (Wildman–Crippen MR) is 59.0 cm³/mol. The third kappa shape index (κ3) is 2.27. The Labute approximate surface area is 89.6 Å². The average molecular weight is 202 g/mol. The molecule has 1 aliphatic rings. The second kappa shape index (κ2) is 4.30. The van der Waals surface area contributed by atoms with Gasteiger partial charge in [0.05, 0.1) is 0 Å². The number of allylic oxidation sites excluding steroid dienone is 2. The molecule has 2 nitrogen and oxygen atoms in total. The molecule has 1 unspecified atom stereocenters. The van der Waals surface area contributed by atoms with Crippen LogP contribution in [0.2, 0.25) is 0 Å². The van der Waals surface area contributed by atoms with Crippen molar-refractivity contribution in [2.24, 2.45) is 0 Å². The highest BCUT2D eigenvalue weighted by atomic mass is 16.5. The van der Waals surface area contributed by atoms with E-state index >= 15 is 0 Å². The third-order valence-electron chi connectivity index (χ3n) is 2.50. The second-order valence-corrected chi connectivity index (χ2v) is 3.72. The normalized spacial score (nSPS) is 18.9. The lowest BCUT2D eigenvalue weighted by atomic mass is 10.1. The average Bonchev–Trinajstić information content (AvgIpc) is 2.59. The van der Waals surface area contributed by atoms with Crippen LogP contribution in [0.15, 0.2) is 36.4 Å². The SMILES string of the molecule is C/C=C/C(=O)CC1Cc2ccccc2O1. The number of hydrogen-bond acceptors (Lipinski definition) is 2. The summed E-state index contributed by atoms with van der Waals surface area (Å²) in [6.45, 7) is 1.85. The van der Waals surface area contributed by atoms with Crippen molar-refractivity contribution in [3.05, 3.63) is 42.0 Å². The molecule has 1 atom stereocenters. The maximum absolute atomic E-state index is 11.4. The largest absolute Gasteiger partial charge is 0.489 e. The van der Waals surface area contributed by atoms with E-state index in [0.717, 1.165) is 12.2 Å². The van der Waals surface area contributed by atoms with Crippen LogP contribution in [0.3, 0.4) is 0 Å². The Balaban J connectivity index is 1.99. The summed E-state index contributed by atoms with van der Waals surface area (Å²) in [4.78, 5) is 11.4. The number of rotatable bonds is 3. The van der Waals surface area contributed by atoms with E-state index in [9.17, 15) is 4.79 Å². The zero-order valence-corrected chi connectivity index (χ0v) is 8.77. The molecule has 1 heterocycles. The fourth-order valence-corrected chi connectivity index (χ4v) is 1.85. The Morgan fingerprint density at radius 3 is 3.07 bits per heavy atom. The molecule has 0 bridgehead atoms. The molecule has 0 radical (unpaired) electrons. The maximum Gasteiger partial charge on any atom is 0.159 e. The Bertz CT molecular complexity index is 368. The number of carbonyl (C=O) groups excluding carboxylic acids is 1. The highest BCUT2D eigenvalue weighted by Crippen LogP contribution is 2.29. The van der Waals surface area contributed by atoms with Gasteiger partial charge < -0.3 is 4.74 Å². The Kier molecular flexibility index (Phi) is 2.86. The van der Waals surface area contributed by atoms with Gasteiger partial charge in [-0.15, -0.1) is 0 Å². The second-order valence-electron chi connectivity index (χ2n) is 3.72. The van der Waals surface area contributed by atoms with Crippen LogP contribution in [0.25, 0.3) is 0 Å². The standard InChI is InChI=1S/C13H14O2/c1-2-5-11(14)9-12-8-10-6-3-4-7-13(10)15-12/h2-7,12H,8-9H2,1H3/b5-2+. The van der Waals surface area contributed by atoms with E-state index in [0.29, 0.717) is 6.42 Å². The first-order valence-corrected chi connectivity index (χ1v) is 5.19. The first-order chi connectivity index (χ1) is 7.29. The van der Waals surface area contributed by atoms with Gasteiger partial charge in [-0.3, -0.25) is 4.79 Å². The van der Waals surface area contributed by atoms with E-state index in [1.807, 2.05) is 25.1 Å². The van der Waals surface area contributed by atoms with Crippen LogP contribution in [0.1, 0.15) is 18.9 Å². The molecule has 0 amide bonds. The van der Waals surface area contributed by atoms with Crippen LogP contribution >= 0.6 is 0 Å². The summed E-state index contributed by atoms with van der Waals surface area (Å²) in [6, 6.07) is 7.96. The van der Waals surface area contributed by atoms with Gasteiger partial charge in [-0.2, -0.15) is 0 Å². The van der Waals surface area contributed by atoms with E-state index in [2.05, 4.69) is 6.07 Å². The van der Waals surface area contributed by atoms with Gasteiger partial charge in [0.25, 0.3) is 0 Å². The highest BCUT2D eigenvalue weighted by molar-refractivity contribution is 5.90. The molecule has 15 heavy (non-hydrogen) atoms. The summed E-state index contributed by atoms with van der Waals surface area (Å²) in [5, 5.41) is 0. The molecule has 0 aromatic heterocycles. The first kappa shape index (κ1) is 9.97. The molecule has 0 saturated heterocycles. The molecule has 0 aliphatic carbocycles. The molecule has 2 rings (SSSR count). The Morgan fingerprint density at radius 1 is 1.53 bits per heavy atom. The van der Waals surface area contributed by atoms with Crippen molar-refractivity contribution in [3.8, 4) is 5.75 Å². The minimum Gasteiger partial charge on any atom is -0.489 e. The van der Waals surface area contributed by atoms with E-state index in [4.69, 9.17) is 4.74 Å². The van der Waals surface area contributed by atoms with Crippen molar-refractivity contribution in [1.82, 2.24) is 0 Å². The van der Waals surface area contributed by atoms with Crippen molar-refractivity contribution < 1.29 is 9.53 Å². The van der Waals surface area contributed by atoms with Crippen molar-refractivity contribution >= 4 is 5.78 Å². The fourth-order valence-electron chi connectivity index (χ4n) is 1.85. The number of carbonyl (C=O) groups is 1. The van der Waals surface area contributed by atoms with E-state index in [1.165, 1.54) is 5.56 Å². The molecule has 1 aliphatic heterocycles. The molecule has 2 heteroatoms. The van der Waals surface area contributed by atoms with Crippen LogP contribution in [0.4, 0.5) is 0 Å². The monoisotopic (exact) mass is 202 g/mol. The number of ketones is 1. The summed E-state index contributed by atoms with van der Waals surface area (Å²) < 4.78 is 5.67. The summed E-state index contributed by atoms with van der Waals surface area (Å²) in [7, 11) is 0. The molecule has 0 fully saturated rings. The Hall–Kier alpha value is -1.57. The van der Waals surface area contributed by atoms with Crippen molar-refractivity contribution in [3.63, 3.8) is 0 Å². The zero-order valence-electron chi connectivity index (χ0n) is 8.77. The topological polar surface area (TPSA) is 26.3 Å². The summed E-state index contributed by atoms with van der Waals surface area (Å²) >= 11 is 0. The Morgan fingerprint density at radius 2 is 2.33 bits per heavy atom. The van der Waals surface area contributed by atoms with E-state index in [1.54, 1.807) is 12.2 Å².